The normalized spacial score (nSPS) is 18.5. The van der Waals surface area contributed by atoms with Gasteiger partial charge in [0.25, 0.3) is 5.91 Å². The second kappa shape index (κ2) is 9.94. The van der Waals surface area contributed by atoms with E-state index in [2.05, 4.69) is 0 Å². The lowest BCUT2D eigenvalue weighted by atomic mass is 10.2. The van der Waals surface area contributed by atoms with Crippen LogP contribution in [-0.2, 0) is 24.2 Å². The van der Waals surface area contributed by atoms with Gasteiger partial charge in [-0.1, -0.05) is 19.1 Å². The summed E-state index contributed by atoms with van der Waals surface area (Å²) in [6, 6.07) is 7.37. The molecule has 0 N–H and O–H groups in total. The molecule has 1 aromatic rings. The van der Waals surface area contributed by atoms with E-state index < -0.39 is 15.8 Å². The van der Waals surface area contributed by atoms with Crippen molar-refractivity contribution in [3.63, 3.8) is 0 Å². The van der Waals surface area contributed by atoms with Crippen molar-refractivity contribution in [1.29, 1.82) is 0 Å². The van der Waals surface area contributed by atoms with Crippen molar-refractivity contribution in [2.45, 2.75) is 30.7 Å². The maximum Gasteiger partial charge on any atom is 0.331 e. The van der Waals surface area contributed by atoms with E-state index in [1.54, 1.807) is 17.8 Å². The molecule has 1 saturated heterocycles. The smallest absolute Gasteiger partial charge is 0.331 e. The van der Waals surface area contributed by atoms with Gasteiger partial charge in [0, 0.05) is 23.6 Å². The van der Waals surface area contributed by atoms with Gasteiger partial charge in [-0.2, -0.15) is 0 Å². The molecule has 1 aliphatic rings. The van der Waals surface area contributed by atoms with Crippen LogP contribution in [-0.4, -0.2) is 62.1 Å². The first-order valence-corrected chi connectivity index (χ1v) is 11.9. The van der Waals surface area contributed by atoms with Crippen LogP contribution in [0, 0.1) is 0 Å². The van der Waals surface area contributed by atoms with Crippen LogP contribution < -0.4 is 0 Å². The Labute approximate surface area is 164 Å². The zero-order chi connectivity index (χ0) is 19.9. The molecule has 1 atom stereocenters. The van der Waals surface area contributed by atoms with Crippen LogP contribution in [0.3, 0.4) is 0 Å². The fourth-order valence-electron chi connectivity index (χ4n) is 2.92. The Kier molecular flexibility index (Phi) is 7.91. The number of amides is 1. The highest BCUT2D eigenvalue weighted by Gasteiger charge is 2.34. The zero-order valence-electron chi connectivity index (χ0n) is 15.6. The Bertz CT molecular complexity index is 787. The van der Waals surface area contributed by atoms with Gasteiger partial charge in [0.2, 0.25) is 0 Å². The summed E-state index contributed by atoms with van der Waals surface area (Å²) < 4.78 is 28.4. The average Bonchev–Trinajstić information content (AvgIpc) is 3.02. The molecule has 1 aliphatic heterocycles. The third-order valence-corrected chi connectivity index (χ3v) is 6.79. The minimum Gasteiger partial charge on any atom is -0.452 e. The van der Waals surface area contributed by atoms with Gasteiger partial charge in [-0.15, -0.1) is 11.8 Å². The molecule has 0 saturated carbocycles. The second-order valence-corrected chi connectivity index (χ2v) is 9.47. The summed E-state index contributed by atoms with van der Waals surface area (Å²) in [5.74, 6) is -0.875. The monoisotopic (exact) mass is 411 g/mol. The molecule has 1 amide bonds. The Morgan fingerprint density at radius 1 is 1.30 bits per heavy atom. The molecule has 0 aromatic heterocycles. The van der Waals surface area contributed by atoms with E-state index in [9.17, 15) is 18.0 Å². The molecule has 0 spiro atoms. The van der Waals surface area contributed by atoms with Crippen molar-refractivity contribution >= 4 is 39.6 Å². The third-order valence-electron chi connectivity index (χ3n) is 4.30. The quantitative estimate of drug-likeness (QED) is 0.371. The molecule has 0 aliphatic carbocycles. The lowest BCUT2D eigenvalue weighted by Crippen LogP contribution is -2.43. The highest BCUT2D eigenvalue weighted by atomic mass is 32.2. The van der Waals surface area contributed by atoms with E-state index in [1.165, 1.54) is 11.0 Å². The van der Waals surface area contributed by atoms with Gasteiger partial charge in [0.15, 0.2) is 16.4 Å². The van der Waals surface area contributed by atoms with Crippen LogP contribution in [0.5, 0.6) is 0 Å². The summed E-state index contributed by atoms with van der Waals surface area (Å²) in [7, 11) is -3.08. The topological polar surface area (TPSA) is 80.8 Å². The van der Waals surface area contributed by atoms with E-state index in [-0.39, 0.29) is 30.1 Å². The van der Waals surface area contributed by atoms with E-state index in [1.807, 2.05) is 37.4 Å². The number of hydrogen-bond donors (Lipinski definition) is 0. The highest BCUT2D eigenvalue weighted by molar-refractivity contribution is 7.98. The van der Waals surface area contributed by atoms with Crippen molar-refractivity contribution in [2.24, 2.45) is 0 Å². The van der Waals surface area contributed by atoms with Crippen molar-refractivity contribution in [1.82, 2.24) is 4.90 Å². The van der Waals surface area contributed by atoms with Gasteiger partial charge in [0.1, 0.15) is 0 Å². The first-order valence-electron chi connectivity index (χ1n) is 8.83. The fraction of sp³-hybridized carbons (Fsp3) is 0.474. The van der Waals surface area contributed by atoms with E-state index in [0.29, 0.717) is 19.4 Å². The molecule has 148 valence electrons. The van der Waals surface area contributed by atoms with Gasteiger partial charge < -0.3 is 9.64 Å². The van der Waals surface area contributed by atoms with Gasteiger partial charge in [-0.05, 0) is 42.9 Å². The maximum atomic E-state index is 12.4. The van der Waals surface area contributed by atoms with Gasteiger partial charge >= 0.3 is 5.97 Å². The van der Waals surface area contributed by atoms with Crippen LogP contribution in [0.1, 0.15) is 25.3 Å². The van der Waals surface area contributed by atoms with Crippen LogP contribution >= 0.6 is 11.8 Å². The molecular weight excluding hydrogens is 386 g/mol. The summed E-state index contributed by atoms with van der Waals surface area (Å²) in [6.07, 6.45) is 6.05. The maximum absolute atomic E-state index is 12.4. The molecular formula is C19H25NO5S2. The predicted molar refractivity (Wildman–Crippen MR) is 107 cm³/mol. The fourth-order valence-corrected chi connectivity index (χ4v) is 5.06. The lowest BCUT2D eigenvalue weighted by molar-refractivity contribution is -0.149. The summed E-state index contributed by atoms with van der Waals surface area (Å²) in [6.45, 7) is 1.99. The van der Waals surface area contributed by atoms with Crippen molar-refractivity contribution in [2.75, 3.05) is 30.9 Å². The largest absolute Gasteiger partial charge is 0.452 e. The summed E-state index contributed by atoms with van der Waals surface area (Å²) in [5, 5.41) is 0. The number of rotatable bonds is 8. The highest BCUT2D eigenvalue weighted by Crippen LogP contribution is 2.18. The number of nitrogens with zero attached hydrogens (tertiary/aromatic N) is 1. The van der Waals surface area contributed by atoms with Crippen LogP contribution in [0.4, 0.5) is 0 Å². The molecule has 27 heavy (non-hydrogen) atoms. The van der Waals surface area contributed by atoms with Crippen molar-refractivity contribution in [3.8, 4) is 0 Å². The van der Waals surface area contributed by atoms with Crippen molar-refractivity contribution in [3.05, 3.63) is 35.9 Å². The first-order chi connectivity index (χ1) is 12.8. The van der Waals surface area contributed by atoms with Gasteiger partial charge in [-0.3, -0.25) is 4.79 Å². The molecule has 1 fully saturated rings. The Balaban J connectivity index is 1.88. The van der Waals surface area contributed by atoms with Crippen LogP contribution in [0.25, 0.3) is 6.08 Å². The number of benzene rings is 1. The Hall–Kier alpha value is -1.80. The number of carbonyl (C=O) groups excluding carboxylic acids is 2. The number of esters is 1. The zero-order valence-corrected chi connectivity index (χ0v) is 17.2. The van der Waals surface area contributed by atoms with E-state index in [0.717, 1.165) is 10.5 Å². The number of thioether (sulfide) groups is 1. The molecule has 0 unspecified atom stereocenters. The molecule has 1 aromatic carbocycles. The minimum absolute atomic E-state index is 0.0152. The van der Waals surface area contributed by atoms with Gasteiger partial charge in [0.05, 0.1) is 11.5 Å². The molecule has 0 bridgehead atoms. The lowest BCUT2D eigenvalue weighted by Gasteiger charge is -2.27. The molecule has 8 heteroatoms. The van der Waals surface area contributed by atoms with Crippen LogP contribution in [0.15, 0.2) is 35.2 Å². The van der Waals surface area contributed by atoms with E-state index >= 15 is 0 Å². The average molecular weight is 412 g/mol. The van der Waals surface area contributed by atoms with Gasteiger partial charge in [-0.25, -0.2) is 13.2 Å². The minimum atomic E-state index is -3.08. The summed E-state index contributed by atoms with van der Waals surface area (Å²) in [5.41, 5.74) is 0.861. The summed E-state index contributed by atoms with van der Waals surface area (Å²) >= 11 is 1.63. The standard InChI is InChI=1S/C19H25NO5S2/c1-3-11-20(16-10-12-27(23,24)14-16)18(21)13-25-19(22)9-6-15-4-7-17(26-2)8-5-15/h4-9,16H,3,10-14H2,1-2H3/b9-6+/t16-/m1/s1. The van der Waals surface area contributed by atoms with E-state index in [4.69, 9.17) is 4.74 Å². The first kappa shape index (κ1) is 21.5. The van der Waals surface area contributed by atoms with Crippen LogP contribution in [0.2, 0.25) is 0 Å². The second-order valence-electron chi connectivity index (χ2n) is 6.36. The molecule has 0 radical (unpaired) electrons. The molecule has 1 heterocycles. The number of ether oxygens (including phenoxy) is 1. The number of sulfone groups is 1. The summed E-state index contributed by atoms with van der Waals surface area (Å²) in [4.78, 5) is 26.9. The Morgan fingerprint density at radius 2 is 2.00 bits per heavy atom. The molecule has 2 rings (SSSR count). The molecule has 6 nitrogen and oxygen atoms in total. The predicted octanol–water partition coefficient (Wildman–Crippen LogP) is 2.39. The van der Waals surface area contributed by atoms with Crippen molar-refractivity contribution < 1.29 is 22.7 Å². The SMILES string of the molecule is CCCN(C(=O)COC(=O)/C=C/c1ccc(SC)cc1)[C@@H]1CCS(=O)(=O)C1. The number of carbonyl (C=O) groups is 2. The number of hydrogen-bond acceptors (Lipinski definition) is 6. The third kappa shape index (κ3) is 6.70. The Morgan fingerprint density at radius 3 is 2.56 bits per heavy atom.